The lowest BCUT2D eigenvalue weighted by molar-refractivity contribution is 0.107. The molecule has 9 heteroatoms. The minimum atomic E-state index is -0.831. The highest BCUT2D eigenvalue weighted by molar-refractivity contribution is 6.30. The Morgan fingerprint density at radius 1 is 1.17 bits per heavy atom. The van der Waals surface area contributed by atoms with Gasteiger partial charge in [-0.25, -0.2) is 13.8 Å². The van der Waals surface area contributed by atoms with Crippen LogP contribution in [0.2, 0.25) is 5.15 Å². The highest BCUT2D eigenvalue weighted by atomic mass is 35.5. The van der Waals surface area contributed by atoms with Gasteiger partial charge in [-0.05, 0) is 38.6 Å². The Balaban J connectivity index is 1.49. The number of ether oxygens (including phenoxy) is 1. The Morgan fingerprint density at radius 2 is 2.00 bits per heavy atom. The number of rotatable bonds is 4. The smallest absolute Gasteiger partial charge is 0.319 e. The quantitative estimate of drug-likeness (QED) is 0.698. The van der Waals surface area contributed by atoms with Crippen LogP contribution in [0.4, 0.5) is 14.6 Å². The molecule has 3 aliphatic heterocycles. The van der Waals surface area contributed by atoms with E-state index in [1.165, 1.54) is 12.6 Å². The van der Waals surface area contributed by atoms with E-state index in [9.17, 15) is 8.78 Å². The van der Waals surface area contributed by atoms with Crippen molar-refractivity contribution in [2.75, 3.05) is 37.7 Å². The van der Waals surface area contributed by atoms with E-state index in [1.54, 1.807) is 0 Å². The molecule has 6 nitrogen and oxygen atoms in total. The summed E-state index contributed by atoms with van der Waals surface area (Å²) in [6.45, 7) is 3.33. The third-order valence-electron chi connectivity index (χ3n) is 6.49. The van der Waals surface area contributed by atoms with Crippen molar-refractivity contribution in [3.63, 3.8) is 0 Å². The third kappa shape index (κ3) is 3.40. The molecule has 3 fully saturated rings. The standard InChI is InChI=1S/C20H24ClF2N5O/c21-17-15(23)16-14(10-24-17)18(27-6-2-1-3-7-27)26-19(25-16)29-12-20-5-4-8-28(20)11-13(22)9-20/h10,13H,1-9,11-12H2/t13-,20?/m1/s1. The van der Waals surface area contributed by atoms with Crippen molar-refractivity contribution in [1.29, 1.82) is 0 Å². The second-order valence-corrected chi connectivity index (χ2v) is 8.72. The number of pyridine rings is 1. The number of hydrogen-bond acceptors (Lipinski definition) is 6. The summed E-state index contributed by atoms with van der Waals surface area (Å²) in [5.41, 5.74) is -0.191. The van der Waals surface area contributed by atoms with E-state index in [0.717, 1.165) is 45.3 Å². The fourth-order valence-corrected chi connectivity index (χ4v) is 5.20. The molecule has 3 aliphatic rings. The minimum absolute atomic E-state index is 0.114. The summed E-state index contributed by atoms with van der Waals surface area (Å²) in [4.78, 5) is 17.2. The van der Waals surface area contributed by atoms with Gasteiger partial charge in [0.05, 0.1) is 10.9 Å². The first-order valence-electron chi connectivity index (χ1n) is 10.3. The predicted molar refractivity (Wildman–Crippen MR) is 107 cm³/mol. The van der Waals surface area contributed by atoms with Crippen LogP contribution in [-0.4, -0.2) is 64.3 Å². The molecule has 2 aromatic rings. The third-order valence-corrected chi connectivity index (χ3v) is 6.75. The Hall–Kier alpha value is -1.80. The number of nitrogens with zero attached hydrogens (tertiary/aromatic N) is 5. The molecule has 0 spiro atoms. The van der Waals surface area contributed by atoms with Gasteiger partial charge in [0.25, 0.3) is 0 Å². The van der Waals surface area contributed by atoms with Crippen LogP contribution in [0, 0.1) is 5.82 Å². The van der Waals surface area contributed by atoms with Crippen LogP contribution in [0.3, 0.4) is 0 Å². The molecule has 0 amide bonds. The van der Waals surface area contributed by atoms with Gasteiger partial charge in [-0.3, -0.25) is 4.90 Å². The van der Waals surface area contributed by atoms with Gasteiger partial charge < -0.3 is 9.64 Å². The monoisotopic (exact) mass is 423 g/mol. The number of hydrogen-bond donors (Lipinski definition) is 0. The van der Waals surface area contributed by atoms with Gasteiger partial charge in [-0.2, -0.15) is 9.97 Å². The molecule has 0 aliphatic carbocycles. The minimum Gasteiger partial charge on any atom is -0.461 e. The fourth-order valence-electron chi connectivity index (χ4n) is 5.06. The lowest BCUT2D eigenvalue weighted by Gasteiger charge is -2.31. The summed E-state index contributed by atoms with van der Waals surface area (Å²) in [7, 11) is 0. The molecule has 0 saturated carbocycles. The van der Waals surface area contributed by atoms with Crippen molar-refractivity contribution in [2.24, 2.45) is 0 Å². The maximum atomic E-state index is 14.7. The summed E-state index contributed by atoms with van der Waals surface area (Å²) in [6, 6.07) is 0.114. The first-order valence-corrected chi connectivity index (χ1v) is 10.7. The number of halogens is 3. The summed E-state index contributed by atoms with van der Waals surface area (Å²) in [6.07, 6.45) is 6.36. The maximum Gasteiger partial charge on any atom is 0.319 e. The van der Waals surface area contributed by atoms with Crippen LogP contribution in [0.1, 0.15) is 38.5 Å². The molecular formula is C20H24ClF2N5O. The molecule has 5 rings (SSSR count). The number of anilines is 1. The molecule has 2 atom stereocenters. The zero-order valence-corrected chi connectivity index (χ0v) is 17.0. The fraction of sp³-hybridized carbons (Fsp3) is 0.650. The molecular weight excluding hydrogens is 400 g/mol. The Bertz CT molecular complexity index is 925. The molecule has 1 unspecified atom stereocenters. The van der Waals surface area contributed by atoms with Crippen LogP contribution in [-0.2, 0) is 0 Å². The lowest BCUT2D eigenvalue weighted by atomic mass is 9.95. The van der Waals surface area contributed by atoms with Crippen molar-refractivity contribution < 1.29 is 13.5 Å². The molecule has 156 valence electrons. The van der Waals surface area contributed by atoms with E-state index < -0.39 is 12.0 Å². The lowest BCUT2D eigenvalue weighted by Crippen LogP contribution is -2.43. The summed E-state index contributed by atoms with van der Waals surface area (Å²) in [5.74, 6) is -0.0386. The van der Waals surface area contributed by atoms with E-state index in [1.807, 2.05) is 0 Å². The second kappa shape index (κ2) is 7.47. The van der Waals surface area contributed by atoms with Crippen molar-refractivity contribution >= 4 is 28.3 Å². The molecule has 0 N–H and O–H groups in total. The zero-order valence-electron chi connectivity index (χ0n) is 16.2. The normalized spacial score (nSPS) is 27.6. The van der Waals surface area contributed by atoms with Gasteiger partial charge in [0.2, 0.25) is 0 Å². The second-order valence-electron chi connectivity index (χ2n) is 8.37. The van der Waals surface area contributed by atoms with Gasteiger partial charge in [-0.1, -0.05) is 11.6 Å². The number of piperidine rings is 1. The Morgan fingerprint density at radius 3 is 2.83 bits per heavy atom. The van der Waals surface area contributed by atoms with Crippen molar-refractivity contribution in [1.82, 2.24) is 19.9 Å². The number of aromatic nitrogens is 3. The van der Waals surface area contributed by atoms with Crippen LogP contribution in [0.15, 0.2) is 6.20 Å². The molecule has 0 bridgehead atoms. The van der Waals surface area contributed by atoms with Gasteiger partial charge in [0, 0.05) is 32.3 Å². The van der Waals surface area contributed by atoms with Gasteiger partial charge >= 0.3 is 6.01 Å². The van der Waals surface area contributed by atoms with E-state index in [-0.39, 0.29) is 22.2 Å². The summed E-state index contributed by atoms with van der Waals surface area (Å²) in [5, 5.41) is 0.315. The maximum absolute atomic E-state index is 14.7. The topological polar surface area (TPSA) is 54.4 Å². The first kappa shape index (κ1) is 19.2. The molecule has 29 heavy (non-hydrogen) atoms. The van der Waals surface area contributed by atoms with E-state index >= 15 is 0 Å². The Labute approximate surface area is 173 Å². The first-order chi connectivity index (χ1) is 14.1. The van der Waals surface area contributed by atoms with Crippen LogP contribution < -0.4 is 9.64 Å². The molecule has 2 aromatic heterocycles. The largest absolute Gasteiger partial charge is 0.461 e. The predicted octanol–water partition coefficient (Wildman–Crippen LogP) is 3.76. The average molecular weight is 424 g/mol. The van der Waals surface area contributed by atoms with Gasteiger partial charge in [0.15, 0.2) is 11.0 Å². The van der Waals surface area contributed by atoms with E-state index in [0.29, 0.717) is 30.8 Å². The summed E-state index contributed by atoms with van der Waals surface area (Å²) < 4.78 is 34.7. The SMILES string of the molecule is Fc1c(Cl)ncc2c(N3CCCCC3)nc(OCC34CCCN3C[C@H](F)C4)nc12. The van der Waals surface area contributed by atoms with Crippen LogP contribution in [0.5, 0.6) is 6.01 Å². The zero-order chi connectivity index (χ0) is 20.0. The van der Waals surface area contributed by atoms with Crippen molar-refractivity contribution in [3.05, 3.63) is 17.2 Å². The Kier molecular flexibility index (Phi) is 4.94. The van der Waals surface area contributed by atoms with Gasteiger partial charge in [0.1, 0.15) is 24.1 Å². The molecule has 0 radical (unpaired) electrons. The van der Waals surface area contributed by atoms with E-state index in [2.05, 4.69) is 24.8 Å². The number of fused-ring (bicyclic) bond motifs is 2. The number of alkyl halides is 1. The van der Waals surface area contributed by atoms with Crippen molar-refractivity contribution in [3.8, 4) is 6.01 Å². The van der Waals surface area contributed by atoms with Gasteiger partial charge in [-0.15, -0.1) is 0 Å². The van der Waals surface area contributed by atoms with Crippen LogP contribution >= 0.6 is 11.6 Å². The molecule has 0 aromatic carbocycles. The van der Waals surface area contributed by atoms with Crippen molar-refractivity contribution in [2.45, 2.75) is 50.2 Å². The van der Waals surface area contributed by atoms with Crippen LogP contribution in [0.25, 0.3) is 10.9 Å². The summed E-state index contributed by atoms with van der Waals surface area (Å²) >= 11 is 5.90. The van der Waals surface area contributed by atoms with E-state index in [4.69, 9.17) is 16.3 Å². The molecule has 3 saturated heterocycles. The molecule has 5 heterocycles. The average Bonchev–Trinajstić information content (AvgIpc) is 3.25. The highest BCUT2D eigenvalue weighted by Crippen LogP contribution is 2.40. The highest BCUT2D eigenvalue weighted by Gasteiger charge is 2.49.